The SMILES string of the molecule is Cc1cc(C(=O)N2CCc3sccc3C2C)c2nc3n(c2n1)CCCCC3. The molecule has 0 aromatic carbocycles. The van der Waals surface area contributed by atoms with Crippen molar-refractivity contribution in [2.45, 2.75) is 58.5 Å². The van der Waals surface area contributed by atoms with E-state index in [2.05, 4.69) is 22.9 Å². The van der Waals surface area contributed by atoms with Crippen LogP contribution in [0.4, 0.5) is 0 Å². The molecule has 1 unspecified atom stereocenters. The summed E-state index contributed by atoms with van der Waals surface area (Å²) in [5.41, 5.74) is 4.56. The summed E-state index contributed by atoms with van der Waals surface area (Å²) in [4.78, 5) is 26.6. The van der Waals surface area contributed by atoms with Crippen molar-refractivity contribution < 1.29 is 4.79 Å². The number of nitrogens with zero attached hydrogens (tertiary/aromatic N) is 4. The molecular weight excluding hydrogens is 356 g/mol. The number of aryl methyl sites for hydroxylation is 3. The van der Waals surface area contributed by atoms with E-state index in [-0.39, 0.29) is 11.9 Å². The van der Waals surface area contributed by atoms with E-state index in [1.54, 1.807) is 11.3 Å². The standard InChI is InChI=1S/C21H24N4OS/c1-13-12-16(19-20(22-13)25-9-5-3-4-6-18(25)23-19)21(26)24-10-7-17-15(14(24)2)8-11-27-17/h8,11-12,14H,3-7,9-10H2,1-2H3. The van der Waals surface area contributed by atoms with E-state index < -0.39 is 0 Å². The fraction of sp³-hybridized carbons (Fsp3) is 0.476. The zero-order chi connectivity index (χ0) is 18.5. The number of amides is 1. The number of thiophene rings is 1. The molecule has 2 aliphatic rings. The van der Waals surface area contributed by atoms with Crippen LogP contribution in [0.25, 0.3) is 11.2 Å². The Morgan fingerprint density at radius 3 is 2.96 bits per heavy atom. The predicted molar refractivity (Wildman–Crippen MR) is 107 cm³/mol. The van der Waals surface area contributed by atoms with Gasteiger partial charge in [-0.25, -0.2) is 9.97 Å². The van der Waals surface area contributed by atoms with Gasteiger partial charge in [-0.2, -0.15) is 0 Å². The average molecular weight is 381 g/mol. The summed E-state index contributed by atoms with van der Waals surface area (Å²) in [6.07, 6.45) is 5.46. The van der Waals surface area contributed by atoms with Crippen molar-refractivity contribution >= 4 is 28.4 Å². The number of carbonyl (C=O) groups excluding carboxylic acids is 1. The van der Waals surface area contributed by atoms with Gasteiger partial charge >= 0.3 is 0 Å². The van der Waals surface area contributed by atoms with Gasteiger partial charge in [0.1, 0.15) is 11.3 Å². The van der Waals surface area contributed by atoms with Crippen molar-refractivity contribution in [3.8, 4) is 0 Å². The van der Waals surface area contributed by atoms with Gasteiger partial charge in [0.25, 0.3) is 5.91 Å². The fourth-order valence-electron chi connectivity index (χ4n) is 4.52. The Bertz CT molecular complexity index is 1030. The minimum Gasteiger partial charge on any atom is -0.331 e. The van der Waals surface area contributed by atoms with Crippen molar-refractivity contribution in [2.24, 2.45) is 0 Å². The first kappa shape index (κ1) is 16.9. The lowest BCUT2D eigenvalue weighted by atomic mass is 10.00. The van der Waals surface area contributed by atoms with Crippen LogP contribution in [-0.2, 0) is 19.4 Å². The molecule has 0 N–H and O–H groups in total. The molecule has 0 saturated heterocycles. The van der Waals surface area contributed by atoms with Crippen LogP contribution in [0.2, 0.25) is 0 Å². The highest BCUT2D eigenvalue weighted by atomic mass is 32.1. The highest BCUT2D eigenvalue weighted by Crippen LogP contribution is 2.34. The van der Waals surface area contributed by atoms with Gasteiger partial charge in [0.15, 0.2) is 5.65 Å². The van der Waals surface area contributed by atoms with Crippen LogP contribution < -0.4 is 0 Å². The first-order valence-electron chi connectivity index (χ1n) is 9.87. The van der Waals surface area contributed by atoms with Crippen molar-refractivity contribution in [3.05, 3.63) is 45.0 Å². The maximum atomic E-state index is 13.5. The molecule has 5 nitrogen and oxygen atoms in total. The highest BCUT2D eigenvalue weighted by Gasteiger charge is 2.31. The number of carbonyl (C=O) groups is 1. The van der Waals surface area contributed by atoms with E-state index in [0.717, 1.165) is 61.5 Å². The third kappa shape index (κ3) is 2.69. The Morgan fingerprint density at radius 2 is 2.07 bits per heavy atom. The van der Waals surface area contributed by atoms with E-state index in [1.807, 2.05) is 17.9 Å². The highest BCUT2D eigenvalue weighted by molar-refractivity contribution is 7.10. The Morgan fingerprint density at radius 1 is 1.19 bits per heavy atom. The van der Waals surface area contributed by atoms with Gasteiger partial charge in [0.05, 0.1) is 11.6 Å². The van der Waals surface area contributed by atoms with Gasteiger partial charge in [0, 0.05) is 30.1 Å². The molecular formula is C21H24N4OS. The molecule has 3 aromatic heterocycles. The number of hydrogen-bond acceptors (Lipinski definition) is 4. The summed E-state index contributed by atoms with van der Waals surface area (Å²) in [5.74, 6) is 1.17. The van der Waals surface area contributed by atoms with Gasteiger partial charge in [-0.3, -0.25) is 4.79 Å². The maximum Gasteiger partial charge on any atom is 0.256 e. The molecule has 1 amide bonds. The smallest absolute Gasteiger partial charge is 0.256 e. The molecule has 5 heterocycles. The quantitative estimate of drug-likeness (QED) is 0.633. The lowest BCUT2D eigenvalue weighted by Crippen LogP contribution is -2.38. The van der Waals surface area contributed by atoms with Crippen LogP contribution in [0.15, 0.2) is 17.5 Å². The van der Waals surface area contributed by atoms with Gasteiger partial charge < -0.3 is 9.47 Å². The summed E-state index contributed by atoms with van der Waals surface area (Å²) in [7, 11) is 0. The Hall–Kier alpha value is -2.21. The zero-order valence-electron chi connectivity index (χ0n) is 15.9. The molecule has 0 radical (unpaired) electrons. The van der Waals surface area contributed by atoms with Gasteiger partial charge in [-0.05, 0) is 56.2 Å². The second-order valence-corrected chi connectivity index (χ2v) is 8.70. The average Bonchev–Trinajstić information content (AvgIpc) is 3.19. The van der Waals surface area contributed by atoms with E-state index >= 15 is 0 Å². The molecule has 0 saturated carbocycles. The summed E-state index contributed by atoms with van der Waals surface area (Å²) in [6.45, 7) is 5.83. The Balaban J connectivity index is 1.60. The summed E-state index contributed by atoms with van der Waals surface area (Å²) < 4.78 is 2.24. The molecule has 0 spiro atoms. The van der Waals surface area contributed by atoms with Crippen LogP contribution in [-0.4, -0.2) is 31.9 Å². The Kier molecular flexibility index (Phi) is 4.04. The summed E-state index contributed by atoms with van der Waals surface area (Å²) >= 11 is 1.80. The third-order valence-corrected chi connectivity index (χ3v) is 6.96. The largest absolute Gasteiger partial charge is 0.331 e. The van der Waals surface area contributed by atoms with Crippen molar-refractivity contribution in [2.75, 3.05) is 6.54 Å². The second-order valence-electron chi connectivity index (χ2n) is 7.70. The zero-order valence-corrected chi connectivity index (χ0v) is 16.7. The van der Waals surface area contributed by atoms with Crippen molar-refractivity contribution in [1.82, 2.24) is 19.4 Å². The molecule has 1 atom stereocenters. The number of fused-ring (bicyclic) bond motifs is 4. The fourth-order valence-corrected chi connectivity index (χ4v) is 5.48. The van der Waals surface area contributed by atoms with Crippen LogP contribution in [0.1, 0.15) is 64.5 Å². The van der Waals surface area contributed by atoms with E-state index in [1.165, 1.54) is 16.9 Å². The predicted octanol–water partition coefficient (Wildman–Crippen LogP) is 4.29. The minimum absolute atomic E-state index is 0.0862. The van der Waals surface area contributed by atoms with Crippen LogP contribution in [0, 0.1) is 6.92 Å². The van der Waals surface area contributed by atoms with Gasteiger partial charge in [-0.1, -0.05) is 6.42 Å². The molecule has 3 aromatic rings. The summed E-state index contributed by atoms with van der Waals surface area (Å²) in [5, 5.41) is 2.14. The van der Waals surface area contributed by atoms with Gasteiger partial charge in [-0.15, -0.1) is 11.3 Å². The van der Waals surface area contributed by atoms with Crippen LogP contribution in [0.3, 0.4) is 0 Å². The first-order valence-corrected chi connectivity index (χ1v) is 10.8. The first-order chi connectivity index (χ1) is 13.1. The van der Waals surface area contributed by atoms with E-state index in [9.17, 15) is 4.79 Å². The van der Waals surface area contributed by atoms with Crippen molar-refractivity contribution in [1.29, 1.82) is 0 Å². The lowest BCUT2D eigenvalue weighted by molar-refractivity contribution is 0.0681. The third-order valence-electron chi connectivity index (χ3n) is 5.96. The normalized spacial score (nSPS) is 19.6. The number of hydrogen-bond donors (Lipinski definition) is 0. The summed E-state index contributed by atoms with van der Waals surface area (Å²) in [6, 6.07) is 4.19. The monoisotopic (exact) mass is 380 g/mol. The molecule has 2 aliphatic heterocycles. The number of aromatic nitrogens is 3. The van der Waals surface area contributed by atoms with Crippen LogP contribution >= 0.6 is 11.3 Å². The molecule has 6 heteroatoms. The van der Waals surface area contributed by atoms with Crippen LogP contribution in [0.5, 0.6) is 0 Å². The van der Waals surface area contributed by atoms with Crippen molar-refractivity contribution in [3.63, 3.8) is 0 Å². The Labute approximate surface area is 163 Å². The maximum absolute atomic E-state index is 13.5. The molecule has 27 heavy (non-hydrogen) atoms. The molecule has 0 aliphatic carbocycles. The lowest BCUT2D eigenvalue weighted by Gasteiger charge is -2.33. The molecule has 0 bridgehead atoms. The van der Waals surface area contributed by atoms with E-state index in [0.29, 0.717) is 5.56 Å². The second kappa shape index (κ2) is 6.44. The number of imidazole rings is 1. The molecule has 0 fully saturated rings. The topological polar surface area (TPSA) is 51.0 Å². The van der Waals surface area contributed by atoms with Gasteiger partial charge in [0.2, 0.25) is 0 Å². The number of rotatable bonds is 1. The minimum atomic E-state index is 0.0862. The molecule has 140 valence electrons. The molecule has 5 rings (SSSR count). The number of pyridine rings is 1. The van der Waals surface area contributed by atoms with E-state index in [4.69, 9.17) is 9.97 Å².